The number of alkyl carbamates (subject to hydrolysis) is 2. The molecule has 2 aliphatic carbocycles. The lowest BCUT2D eigenvalue weighted by atomic mass is 9.98. The molecule has 0 heterocycles. The van der Waals surface area contributed by atoms with Crippen molar-refractivity contribution in [1.29, 1.82) is 0 Å². The molecule has 364 valence electrons. The van der Waals surface area contributed by atoms with Crippen molar-refractivity contribution < 1.29 is 61.7 Å². The van der Waals surface area contributed by atoms with Crippen LogP contribution in [0.15, 0.2) is 97.1 Å². The lowest BCUT2D eigenvalue weighted by molar-refractivity contribution is -0.0250. The van der Waals surface area contributed by atoms with Crippen LogP contribution in [0.2, 0.25) is 0 Å². The van der Waals surface area contributed by atoms with Crippen LogP contribution >= 0.6 is 0 Å². The largest absolute Gasteiger partial charge is 0.449 e. The molecule has 0 spiro atoms. The minimum atomic E-state index is -0.419. The number of carbonyl (C=O) groups excluding carboxylic acids is 2. The second kappa shape index (κ2) is 31.2. The van der Waals surface area contributed by atoms with E-state index in [1.807, 2.05) is 48.5 Å². The van der Waals surface area contributed by atoms with E-state index in [9.17, 15) is 9.59 Å². The van der Waals surface area contributed by atoms with Gasteiger partial charge >= 0.3 is 12.2 Å². The fourth-order valence-electron chi connectivity index (χ4n) is 7.89. The Morgan fingerprint density at radius 3 is 0.806 bits per heavy atom. The fourth-order valence-corrected chi connectivity index (χ4v) is 7.89. The van der Waals surface area contributed by atoms with E-state index in [4.69, 9.17) is 52.1 Å². The molecule has 15 heteroatoms. The van der Waals surface area contributed by atoms with Crippen LogP contribution in [0.1, 0.15) is 46.9 Å². The molecule has 6 rings (SSSR count). The van der Waals surface area contributed by atoms with Crippen LogP contribution in [0.3, 0.4) is 0 Å². The van der Waals surface area contributed by atoms with Crippen molar-refractivity contribution in [2.45, 2.75) is 24.7 Å². The summed E-state index contributed by atoms with van der Waals surface area (Å²) in [6, 6.07) is 33.1. The molecule has 0 fully saturated rings. The van der Waals surface area contributed by atoms with Crippen molar-refractivity contribution >= 4 is 12.2 Å². The standard InChI is InChI=1S/C52H68N2O13/c55-51(66-39-49-45-15-5-1-11-41(45)42-12-2-6-16-46(42)49)53-19-9-21-57-23-25-59-27-29-61-31-33-63-35-37-65-38-36-64-34-32-62-30-28-60-26-24-58-22-10-20-54-52(56)67-40-50-47-17-7-3-13-43(47)44-14-4-8-18-48(44)50/h1-8,11-18,49-50H,9-10,19-40H2,(H,53,55)(H,54,56). The molecule has 0 bridgehead atoms. The molecule has 0 aliphatic heterocycles. The van der Waals surface area contributed by atoms with Gasteiger partial charge in [-0.05, 0) is 57.3 Å². The summed E-state index contributed by atoms with van der Waals surface area (Å²) in [4.78, 5) is 24.6. The maximum absolute atomic E-state index is 12.3. The highest BCUT2D eigenvalue weighted by atomic mass is 16.6. The zero-order chi connectivity index (χ0) is 46.4. The molecule has 2 amide bonds. The average molecular weight is 929 g/mol. The van der Waals surface area contributed by atoms with Gasteiger partial charge in [0.2, 0.25) is 0 Å². The molecular weight excluding hydrogens is 861 g/mol. The van der Waals surface area contributed by atoms with Gasteiger partial charge < -0.3 is 62.7 Å². The quantitative estimate of drug-likeness (QED) is 0.0450. The molecular formula is C52H68N2O13. The first kappa shape index (κ1) is 51.5. The van der Waals surface area contributed by atoms with Crippen molar-refractivity contribution in [1.82, 2.24) is 10.6 Å². The van der Waals surface area contributed by atoms with E-state index in [0.717, 1.165) is 0 Å². The first-order valence-electron chi connectivity index (χ1n) is 23.6. The predicted octanol–water partition coefficient (Wildman–Crippen LogP) is 6.99. The first-order valence-corrected chi connectivity index (χ1v) is 23.6. The fraction of sp³-hybridized carbons (Fsp3) is 0.500. The molecule has 0 saturated carbocycles. The SMILES string of the molecule is O=C(NCCCOCCOCCOCCOCCOCCOCCOCCOCCOCCCNC(=O)OCC1c2ccccc2-c2ccccc21)OCC1c2ccccc2-c2ccccc21. The molecule has 0 atom stereocenters. The summed E-state index contributed by atoms with van der Waals surface area (Å²) in [5.41, 5.74) is 9.59. The predicted molar refractivity (Wildman–Crippen MR) is 253 cm³/mol. The summed E-state index contributed by atoms with van der Waals surface area (Å²) >= 11 is 0. The summed E-state index contributed by atoms with van der Waals surface area (Å²) in [6.07, 6.45) is 0.519. The third-order valence-electron chi connectivity index (χ3n) is 11.1. The van der Waals surface area contributed by atoms with E-state index >= 15 is 0 Å². The number of rotatable bonds is 36. The van der Waals surface area contributed by atoms with E-state index in [0.29, 0.717) is 158 Å². The van der Waals surface area contributed by atoms with Gasteiger partial charge in [0.25, 0.3) is 0 Å². The van der Waals surface area contributed by atoms with Crippen molar-refractivity contribution in [3.63, 3.8) is 0 Å². The van der Waals surface area contributed by atoms with Gasteiger partial charge in [0.1, 0.15) is 13.2 Å². The van der Waals surface area contributed by atoms with Gasteiger partial charge in [0, 0.05) is 38.1 Å². The number of benzene rings is 4. The topological polar surface area (TPSA) is 160 Å². The van der Waals surface area contributed by atoms with Crippen LogP contribution in [-0.4, -0.2) is 157 Å². The Morgan fingerprint density at radius 2 is 0.552 bits per heavy atom. The van der Waals surface area contributed by atoms with Gasteiger partial charge in [-0.2, -0.15) is 0 Å². The van der Waals surface area contributed by atoms with Crippen LogP contribution in [-0.2, 0) is 52.1 Å². The molecule has 67 heavy (non-hydrogen) atoms. The van der Waals surface area contributed by atoms with Crippen LogP contribution in [0, 0.1) is 0 Å². The Morgan fingerprint density at radius 1 is 0.328 bits per heavy atom. The monoisotopic (exact) mass is 928 g/mol. The second-order valence-electron chi connectivity index (χ2n) is 15.7. The molecule has 0 radical (unpaired) electrons. The molecule has 15 nitrogen and oxygen atoms in total. The van der Waals surface area contributed by atoms with E-state index < -0.39 is 12.2 Å². The number of carbonyl (C=O) groups is 2. The highest BCUT2D eigenvalue weighted by molar-refractivity contribution is 5.80. The number of amides is 2. The van der Waals surface area contributed by atoms with Gasteiger partial charge in [-0.3, -0.25) is 0 Å². The highest BCUT2D eigenvalue weighted by Gasteiger charge is 2.30. The van der Waals surface area contributed by atoms with Crippen molar-refractivity contribution in [3.05, 3.63) is 119 Å². The average Bonchev–Trinajstić information content (AvgIpc) is 3.86. The minimum Gasteiger partial charge on any atom is -0.449 e. The van der Waals surface area contributed by atoms with E-state index in [1.165, 1.54) is 44.5 Å². The summed E-state index contributed by atoms with van der Waals surface area (Å²) in [6.45, 7) is 10.2. The van der Waals surface area contributed by atoms with E-state index in [1.54, 1.807) is 0 Å². The lowest BCUT2D eigenvalue weighted by Gasteiger charge is -2.14. The maximum Gasteiger partial charge on any atom is 0.407 e. The van der Waals surface area contributed by atoms with Gasteiger partial charge in [-0.25, -0.2) is 9.59 Å². The van der Waals surface area contributed by atoms with Gasteiger partial charge in [-0.1, -0.05) is 97.1 Å². The van der Waals surface area contributed by atoms with Gasteiger partial charge in [0.05, 0.1) is 106 Å². The summed E-state index contributed by atoms with van der Waals surface area (Å²) in [5, 5.41) is 5.62. The molecule has 4 aromatic carbocycles. The Labute approximate surface area is 394 Å². The number of nitrogens with one attached hydrogen (secondary N) is 2. The van der Waals surface area contributed by atoms with Crippen molar-refractivity contribution in [3.8, 4) is 22.3 Å². The summed E-state index contributed by atoms with van der Waals surface area (Å²) in [7, 11) is 0. The minimum absolute atomic E-state index is 0.0439. The van der Waals surface area contributed by atoms with E-state index in [-0.39, 0.29) is 11.8 Å². The molecule has 0 unspecified atom stereocenters. The smallest absolute Gasteiger partial charge is 0.407 e. The first-order chi connectivity index (χ1) is 33.2. The lowest BCUT2D eigenvalue weighted by Crippen LogP contribution is -2.27. The highest BCUT2D eigenvalue weighted by Crippen LogP contribution is 2.45. The van der Waals surface area contributed by atoms with Gasteiger partial charge in [0.15, 0.2) is 0 Å². The Hall–Kier alpha value is -4.94. The van der Waals surface area contributed by atoms with E-state index in [2.05, 4.69) is 59.2 Å². The Balaban J connectivity index is 0.596. The van der Waals surface area contributed by atoms with Crippen LogP contribution < -0.4 is 10.6 Å². The molecule has 2 N–H and O–H groups in total. The normalized spacial score (nSPS) is 12.7. The molecule has 4 aromatic rings. The Bertz CT molecular complexity index is 1790. The van der Waals surface area contributed by atoms with Crippen LogP contribution in [0.5, 0.6) is 0 Å². The third-order valence-corrected chi connectivity index (χ3v) is 11.1. The number of hydrogen-bond acceptors (Lipinski definition) is 13. The second-order valence-corrected chi connectivity index (χ2v) is 15.7. The van der Waals surface area contributed by atoms with Gasteiger partial charge in [-0.15, -0.1) is 0 Å². The third kappa shape index (κ3) is 17.9. The molecule has 2 aliphatic rings. The Kier molecular flexibility index (Phi) is 23.9. The van der Waals surface area contributed by atoms with Crippen molar-refractivity contribution in [2.24, 2.45) is 0 Å². The number of ether oxygens (including phenoxy) is 11. The summed E-state index contributed by atoms with van der Waals surface area (Å²) < 4.78 is 61.1. The zero-order valence-electron chi connectivity index (χ0n) is 38.7. The van der Waals surface area contributed by atoms with Crippen LogP contribution in [0.25, 0.3) is 22.3 Å². The maximum atomic E-state index is 12.3. The van der Waals surface area contributed by atoms with Crippen molar-refractivity contribution in [2.75, 3.05) is 145 Å². The molecule has 0 aromatic heterocycles. The van der Waals surface area contributed by atoms with Crippen LogP contribution in [0.4, 0.5) is 9.59 Å². The summed E-state index contributed by atoms with van der Waals surface area (Å²) in [5.74, 6) is 0.0879. The zero-order valence-corrected chi connectivity index (χ0v) is 38.7. The molecule has 0 saturated heterocycles. The number of hydrogen-bond donors (Lipinski definition) is 2. The number of fused-ring (bicyclic) bond motifs is 6.